The Morgan fingerprint density at radius 3 is 2.10 bits per heavy atom. The summed E-state index contributed by atoms with van der Waals surface area (Å²) in [6, 6.07) is 23.0. The number of ether oxygens (including phenoxy) is 3. The van der Waals surface area contributed by atoms with Crippen molar-refractivity contribution in [3.05, 3.63) is 95.6 Å². The zero-order valence-electron chi connectivity index (χ0n) is 22.8. The second kappa shape index (κ2) is 11.9. The molecule has 5 rings (SSSR count). The van der Waals surface area contributed by atoms with Crippen LogP contribution in [-0.4, -0.2) is 40.1 Å². The molecule has 4 aromatic carbocycles. The average Bonchev–Trinajstić information content (AvgIpc) is 3.31. The maximum atomic E-state index is 13.7. The van der Waals surface area contributed by atoms with Gasteiger partial charge < -0.3 is 19.1 Å². The number of nitrogens with one attached hydrogen (secondary N) is 1. The molecule has 0 aliphatic carbocycles. The third-order valence-corrected chi connectivity index (χ3v) is 7.81. The van der Waals surface area contributed by atoms with Gasteiger partial charge in [-0.1, -0.05) is 54.6 Å². The van der Waals surface area contributed by atoms with Crippen LogP contribution in [0, 0.1) is 0 Å². The van der Waals surface area contributed by atoms with Gasteiger partial charge in [0.15, 0.2) is 6.61 Å². The zero-order chi connectivity index (χ0) is 29.0. The number of carbonyl (C=O) groups excluding carboxylic acids is 2. The summed E-state index contributed by atoms with van der Waals surface area (Å²) < 4.78 is 44.6. The fraction of sp³-hybridized carbons (Fsp3) is 0.226. The zero-order valence-corrected chi connectivity index (χ0v) is 23.6. The summed E-state index contributed by atoms with van der Waals surface area (Å²) in [6.07, 6.45) is 0. The Morgan fingerprint density at radius 1 is 0.829 bits per heavy atom. The first-order chi connectivity index (χ1) is 19.8. The third kappa shape index (κ3) is 5.97. The van der Waals surface area contributed by atoms with Gasteiger partial charge in [0.25, 0.3) is 11.8 Å². The molecule has 0 radical (unpaired) electrons. The molecule has 1 heterocycles. The van der Waals surface area contributed by atoms with Crippen LogP contribution in [-0.2, 0) is 27.1 Å². The first-order valence-electron chi connectivity index (χ1n) is 13.3. The van der Waals surface area contributed by atoms with Crippen molar-refractivity contribution in [1.29, 1.82) is 0 Å². The predicted molar refractivity (Wildman–Crippen MR) is 156 cm³/mol. The number of rotatable bonds is 11. The Hall–Kier alpha value is -4.57. The molecule has 0 atom stereocenters. The topological polar surface area (TPSA) is 111 Å². The van der Waals surface area contributed by atoms with Gasteiger partial charge in [-0.3, -0.25) is 9.59 Å². The van der Waals surface area contributed by atoms with Crippen molar-refractivity contribution in [2.24, 2.45) is 0 Å². The van der Waals surface area contributed by atoms with Crippen LogP contribution in [0.25, 0.3) is 10.8 Å². The number of anilines is 1. The molecule has 212 valence electrons. The lowest BCUT2D eigenvalue weighted by molar-refractivity contribution is -0.121. The van der Waals surface area contributed by atoms with E-state index in [0.717, 1.165) is 16.3 Å². The highest BCUT2D eigenvalue weighted by molar-refractivity contribution is 7.89. The second-order valence-corrected chi connectivity index (χ2v) is 11.1. The van der Waals surface area contributed by atoms with Crippen LogP contribution >= 0.6 is 0 Å². The van der Waals surface area contributed by atoms with Crippen molar-refractivity contribution in [2.45, 2.75) is 26.1 Å². The van der Waals surface area contributed by atoms with E-state index in [0.29, 0.717) is 47.3 Å². The number of carbonyl (C=O) groups is 2. The van der Waals surface area contributed by atoms with Crippen molar-refractivity contribution in [3.63, 3.8) is 0 Å². The Labute approximate surface area is 238 Å². The van der Waals surface area contributed by atoms with Crippen molar-refractivity contribution in [3.8, 4) is 17.2 Å². The first kappa shape index (κ1) is 28.0. The standard InChI is InChI=1S/C31H30N2O7S/c1-3-38-29-24-12-8-9-13-25(24)30(39-4-2)28-26(29)18-33(31(28)35)22-16-14-21(15-17-22)20-41(36,37)32-27(34)19-40-23-10-6-5-7-11-23/h5-17H,3-4,18-20H2,1-2H3,(H,32,34). The van der Waals surface area contributed by atoms with Gasteiger partial charge in [0.1, 0.15) is 17.2 Å². The number of benzene rings is 4. The highest BCUT2D eigenvalue weighted by Gasteiger charge is 2.36. The molecule has 0 saturated carbocycles. The van der Waals surface area contributed by atoms with E-state index in [4.69, 9.17) is 14.2 Å². The van der Waals surface area contributed by atoms with E-state index < -0.39 is 28.3 Å². The van der Waals surface area contributed by atoms with Gasteiger partial charge in [-0.25, -0.2) is 13.1 Å². The van der Waals surface area contributed by atoms with E-state index in [1.165, 1.54) is 0 Å². The molecule has 0 spiro atoms. The first-order valence-corrected chi connectivity index (χ1v) is 14.9. The largest absolute Gasteiger partial charge is 0.493 e. The van der Waals surface area contributed by atoms with Crippen molar-refractivity contribution >= 4 is 38.3 Å². The van der Waals surface area contributed by atoms with Crippen molar-refractivity contribution in [1.82, 2.24) is 4.72 Å². The van der Waals surface area contributed by atoms with Gasteiger partial charge >= 0.3 is 0 Å². The summed E-state index contributed by atoms with van der Waals surface area (Å²) in [6.45, 7) is 4.47. The Morgan fingerprint density at radius 2 is 1.44 bits per heavy atom. The minimum Gasteiger partial charge on any atom is -0.493 e. The molecule has 10 heteroatoms. The molecular weight excluding hydrogens is 544 g/mol. The van der Waals surface area contributed by atoms with Gasteiger partial charge in [0, 0.05) is 22.0 Å². The maximum absolute atomic E-state index is 13.7. The van der Waals surface area contributed by atoms with Gasteiger partial charge in [0.05, 0.1) is 31.1 Å². The Bertz CT molecular complexity index is 1690. The summed E-state index contributed by atoms with van der Waals surface area (Å²) >= 11 is 0. The van der Waals surface area contributed by atoms with E-state index in [2.05, 4.69) is 0 Å². The van der Waals surface area contributed by atoms with Gasteiger partial charge in [0.2, 0.25) is 10.0 Å². The van der Waals surface area contributed by atoms with Crippen LogP contribution in [0.2, 0.25) is 0 Å². The minimum absolute atomic E-state index is 0.221. The summed E-state index contributed by atoms with van der Waals surface area (Å²) in [7, 11) is -3.96. The smallest absolute Gasteiger partial charge is 0.271 e. The molecule has 0 saturated heterocycles. The molecular formula is C31H30N2O7S. The number of fused-ring (bicyclic) bond motifs is 2. The summed E-state index contributed by atoms with van der Waals surface area (Å²) in [5.74, 6) is 0.252. The Kier molecular flexibility index (Phi) is 8.11. The number of sulfonamides is 1. The van der Waals surface area contributed by atoms with Crippen LogP contribution in [0.15, 0.2) is 78.9 Å². The van der Waals surface area contributed by atoms with Crippen LogP contribution in [0.5, 0.6) is 17.2 Å². The lowest BCUT2D eigenvalue weighted by Crippen LogP contribution is -2.35. The van der Waals surface area contributed by atoms with Crippen LogP contribution in [0.1, 0.15) is 35.3 Å². The van der Waals surface area contributed by atoms with Gasteiger partial charge in [-0.05, 0) is 43.7 Å². The summed E-state index contributed by atoms with van der Waals surface area (Å²) in [5, 5.41) is 1.69. The number of nitrogens with zero attached hydrogens (tertiary/aromatic N) is 1. The predicted octanol–water partition coefficient (Wildman–Crippen LogP) is 4.82. The molecule has 0 unspecified atom stereocenters. The fourth-order valence-corrected chi connectivity index (χ4v) is 5.99. The number of para-hydroxylation sites is 1. The Balaban J connectivity index is 1.33. The molecule has 1 N–H and O–H groups in total. The molecule has 0 aromatic heterocycles. The lowest BCUT2D eigenvalue weighted by Gasteiger charge is -2.16. The van der Waals surface area contributed by atoms with Gasteiger partial charge in [-0.2, -0.15) is 0 Å². The molecule has 9 nitrogen and oxygen atoms in total. The molecule has 1 aliphatic rings. The van der Waals surface area contributed by atoms with E-state index in [1.807, 2.05) is 42.8 Å². The molecule has 0 fully saturated rings. The van der Waals surface area contributed by atoms with E-state index in [-0.39, 0.29) is 12.5 Å². The maximum Gasteiger partial charge on any atom is 0.271 e. The molecule has 2 amide bonds. The van der Waals surface area contributed by atoms with E-state index in [1.54, 1.807) is 59.5 Å². The normalized spacial score (nSPS) is 12.7. The quantitative estimate of drug-likeness (QED) is 0.273. The summed E-state index contributed by atoms with van der Waals surface area (Å²) in [5.41, 5.74) is 2.28. The van der Waals surface area contributed by atoms with Gasteiger partial charge in [-0.15, -0.1) is 0 Å². The highest BCUT2D eigenvalue weighted by atomic mass is 32.2. The molecule has 41 heavy (non-hydrogen) atoms. The number of hydrogen-bond donors (Lipinski definition) is 1. The monoisotopic (exact) mass is 574 g/mol. The fourth-order valence-electron chi connectivity index (χ4n) is 4.88. The SMILES string of the molecule is CCOc1c2c(c(OCC)c3ccccc13)C(=O)N(c1ccc(CS(=O)(=O)NC(=O)COc3ccccc3)cc1)C2. The molecule has 4 aromatic rings. The van der Waals surface area contributed by atoms with Crippen molar-refractivity contribution in [2.75, 3.05) is 24.7 Å². The number of amides is 2. The van der Waals surface area contributed by atoms with E-state index in [9.17, 15) is 18.0 Å². The second-order valence-electron chi connectivity index (χ2n) is 9.37. The molecule has 0 bridgehead atoms. The lowest BCUT2D eigenvalue weighted by atomic mass is 9.99. The van der Waals surface area contributed by atoms with Crippen LogP contribution in [0.4, 0.5) is 5.69 Å². The van der Waals surface area contributed by atoms with Crippen LogP contribution < -0.4 is 23.8 Å². The van der Waals surface area contributed by atoms with E-state index >= 15 is 0 Å². The minimum atomic E-state index is -3.96. The summed E-state index contributed by atoms with van der Waals surface area (Å²) in [4.78, 5) is 27.5. The number of hydrogen-bond acceptors (Lipinski definition) is 7. The van der Waals surface area contributed by atoms with Crippen molar-refractivity contribution < 1.29 is 32.2 Å². The highest BCUT2D eigenvalue weighted by Crippen LogP contribution is 2.46. The third-order valence-electron chi connectivity index (χ3n) is 6.56. The van der Waals surface area contributed by atoms with Crippen LogP contribution in [0.3, 0.4) is 0 Å². The average molecular weight is 575 g/mol. The molecule has 1 aliphatic heterocycles.